The number of hydrogen-bond acceptors (Lipinski definition) is 6. The van der Waals surface area contributed by atoms with Crippen LogP contribution in [0.2, 0.25) is 0 Å². The predicted molar refractivity (Wildman–Crippen MR) is 74.8 cm³/mol. The van der Waals surface area contributed by atoms with E-state index in [4.69, 9.17) is 4.74 Å². The van der Waals surface area contributed by atoms with Gasteiger partial charge in [-0.2, -0.15) is 0 Å². The van der Waals surface area contributed by atoms with E-state index in [0.29, 0.717) is 23.1 Å². The van der Waals surface area contributed by atoms with Crippen molar-refractivity contribution in [1.82, 2.24) is 10.3 Å². The summed E-state index contributed by atoms with van der Waals surface area (Å²) in [7, 11) is 0. The van der Waals surface area contributed by atoms with Crippen molar-refractivity contribution in [3.05, 3.63) is 11.1 Å². The first-order chi connectivity index (χ1) is 8.90. The van der Waals surface area contributed by atoms with E-state index in [1.807, 2.05) is 20.8 Å². The van der Waals surface area contributed by atoms with Crippen molar-refractivity contribution in [2.24, 2.45) is 0 Å². The number of amides is 1. The summed E-state index contributed by atoms with van der Waals surface area (Å²) in [5.41, 5.74) is -0.478. The Kier molecular flexibility index (Phi) is 5.75. The molecule has 1 amide bonds. The fraction of sp³-hybridized carbons (Fsp3) is 0.583. The highest BCUT2D eigenvalue weighted by Crippen LogP contribution is 2.15. The number of aromatic nitrogens is 1. The van der Waals surface area contributed by atoms with Gasteiger partial charge < -0.3 is 15.4 Å². The molecule has 0 saturated carbocycles. The molecule has 2 N–H and O–H groups in total. The van der Waals surface area contributed by atoms with E-state index < -0.39 is 11.7 Å². The minimum atomic E-state index is -0.478. The average Bonchev–Trinajstić information content (AvgIpc) is 2.74. The molecule has 0 bridgehead atoms. The van der Waals surface area contributed by atoms with E-state index in [2.05, 4.69) is 15.6 Å². The molecule has 1 aromatic heterocycles. The van der Waals surface area contributed by atoms with E-state index in [1.165, 1.54) is 17.5 Å². The van der Waals surface area contributed by atoms with E-state index in [9.17, 15) is 9.59 Å². The molecule has 0 atom stereocenters. The van der Waals surface area contributed by atoms with E-state index >= 15 is 0 Å². The number of carbonyl (C=O) groups is 2. The van der Waals surface area contributed by atoms with Crippen molar-refractivity contribution < 1.29 is 14.3 Å². The number of carbonyl (C=O) groups excluding carboxylic acids is 2. The number of hydrogen-bond donors (Lipinski definition) is 2. The van der Waals surface area contributed by atoms with Gasteiger partial charge in [-0.15, -0.1) is 0 Å². The van der Waals surface area contributed by atoms with E-state index in [1.54, 1.807) is 0 Å². The Hall–Kier alpha value is -1.63. The minimum absolute atomic E-state index is 0.412. The molecule has 1 aromatic rings. The summed E-state index contributed by atoms with van der Waals surface area (Å²) in [6.45, 7) is 6.65. The fourth-order valence-electron chi connectivity index (χ4n) is 1.21. The molecule has 0 saturated heterocycles. The lowest BCUT2D eigenvalue weighted by atomic mass is 10.2. The van der Waals surface area contributed by atoms with Gasteiger partial charge in [0.05, 0.1) is 11.1 Å². The zero-order valence-corrected chi connectivity index (χ0v) is 12.2. The minimum Gasteiger partial charge on any atom is -0.444 e. The third kappa shape index (κ3) is 6.76. The summed E-state index contributed by atoms with van der Waals surface area (Å²) in [6, 6.07) is 0. The monoisotopic (exact) mass is 285 g/mol. The summed E-state index contributed by atoms with van der Waals surface area (Å²) in [5, 5.41) is 6.45. The second-order valence-electron chi connectivity index (χ2n) is 4.89. The number of thiazole rings is 1. The first kappa shape index (κ1) is 15.4. The van der Waals surface area contributed by atoms with E-state index in [0.717, 1.165) is 12.7 Å². The maximum Gasteiger partial charge on any atom is 0.407 e. The van der Waals surface area contributed by atoms with Gasteiger partial charge in [0, 0.05) is 13.1 Å². The van der Waals surface area contributed by atoms with Crippen molar-refractivity contribution in [2.45, 2.75) is 32.8 Å². The van der Waals surface area contributed by atoms with Crippen LogP contribution in [-0.4, -0.2) is 36.1 Å². The van der Waals surface area contributed by atoms with Gasteiger partial charge in [-0.05, 0) is 27.2 Å². The molecule has 1 heterocycles. The van der Waals surface area contributed by atoms with E-state index in [-0.39, 0.29) is 0 Å². The highest BCUT2D eigenvalue weighted by atomic mass is 32.1. The Morgan fingerprint density at radius 1 is 1.47 bits per heavy atom. The quantitative estimate of drug-likeness (QED) is 0.619. The summed E-state index contributed by atoms with van der Waals surface area (Å²) >= 11 is 1.30. The van der Waals surface area contributed by atoms with Crippen molar-refractivity contribution in [2.75, 3.05) is 18.4 Å². The summed E-state index contributed by atoms with van der Waals surface area (Å²) < 4.78 is 5.10. The lowest BCUT2D eigenvalue weighted by molar-refractivity contribution is 0.0527. The van der Waals surface area contributed by atoms with Gasteiger partial charge in [0.15, 0.2) is 11.4 Å². The Morgan fingerprint density at radius 3 is 2.79 bits per heavy atom. The highest BCUT2D eigenvalue weighted by Gasteiger charge is 2.15. The number of anilines is 1. The summed E-state index contributed by atoms with van der Waals surface area (Å²) in [5.74, 6) is 0. The van der Waals surface area contributed by atoms with Crippen molar-refractivity contribution in [1.29, 1.82) is 0 Å². The molecule has 0 aliphatic rings. The molecule has 0 radical (unpaired) electrons. The fourth-order valence-corrected chi connectivity index (χ4v) is 1.87. The van der Waals surface area contributed by atoms with Crippen LogP contribution in [0.5, 0.6) is 0 Å². The molecule has 7 heteroatoms. The lowest BCUT2D eigenvalue weighted by Gasteiger charge is -2.19. The third-order valence-electron chi connectivity index (χ3n) is 1.94. The van der Waals surface area contributed by atoms with Crippen LogP contribution in [0.15, 0.2) is 6.20 Å². The highest BCUT2D eigenvalue weighted by molar-refractivity contribution is 7.17. The second-order valence-corrected chi connectivity index (χ2v) is 5.96. The van der Waals surface area contributed by atoms with Crippen LogP contribution in [0.25, 0.3) is 0 Å². The zero-order chi connectivity index (χ0) is 14.3. The summed E-state index contributed by atoms with van der Waals surface area (Å²) in [4.78, 5) is 26.4. The molecule has 6 nitrogen and oxygen atoms in total. The lowest BCUT2D eigenvalue weighted by Crippen LogP contribution is -2.33. The van der Waals surface area contributed by atoms with Gasteiger partial charge in [-0.25, -0.2) is 9.78 Å². The number of ether oxygens (including phenoxy) is 1. The zero-order valence-electron chi connectivity index (χ0n) is 11.4. The first-order valence-electron chi connectivity index (χ1n) is 6.02. The van der Waals surface area contributed by atoms with Crippen LogP contribution in [0, 0.1) is 0 Å². The first-order valence-corrected chi connectivity index (χ1v) is 6.84. The van der Waals surface area contributed by atoms with Crippen LogP contribution in [0.1, 0.15) is 36.9 Å². The molecule has 0 aromatic carbocycles. The standard InChI is InChI=1S/C12H19N3O3S/c1-12(2,3)18-11(17)14-6-4-5-13-10-15-7-9(8-16)19-10/h7-8H,4-6H2,1-3H3,(H,13,15)(H,14,17). The van der Waals surface area contributed by atoms with Gasteiger partial charge in [0.25, 0.3) is 0 Å². The maximum absolute atomic E-state index is 11.3. The topological polar surface area (TPSA) is 80.3 Å². The molecule has 0 unspecified atom stereocenters. The Morgan fingerprint density at radius 2 is 2.21 bits per heavy atom. The second kappa shape index (κ2) is 7.08. The largest absolute Gasteiger partial charge is 0.444 e. The maximum atomic E-state index is 11.3. The van der Waals surface area contributed by atoms with Gasteiger partial charge in [0.1, 0.15) is 5.60 Å². The molecule has 1 rings (SSSR count). The molecule has 0 aliphatic heterocycles. The Labute approximate surface area is 116 Å². The van der Waals surface area contributed by atoms with Gasteiger partial charge in [-0.3, -0.25) is 4.79 Å². The van der Waals surface area contributed by atoms with Crippen molar-refractivity contribution >= 4 is 28.8 Å². The van der Waals surface area contributed by atoms with Crippen LogP contribution in [0.3, 0.4) is 0 Å². The Bertz CT molecular complexity index is 426. The molecule has 0 aliphatic carbocycles. The number of nitrogens with zero attached hydrogens (tertiary/aromatic N) is 1. The van der Waals surface area contributed by atoms with Gasteiger partial charge in [-0.1, -0.05) is 11.3 Å². The number of alkyl carbamates (subject to hydrolysis) is 1. The molecule has 0 fully saturated rings. The molecular weight excluding hydrogens is 266 g/mol. The number of rotatable bonds is 6. The number of aldehydes is 1. The van der Waals surface area contributed by atoms with Crippen molar-refractivity contribution in [3.8, 4) is 0 Å². The normalized spacial score (nSPS) is 10.9. The molecule has 19 heavy (non-hydrogen) atoms. The van der Waals surface area contributed by atoms with Gasteiger partial charge >= 0.3 is 6.09 Å². The Balaban J connectivity index is 2.11. The van der Waals surface area contributed by atoms with Crippen LogP contribution < -0.4 is 10.6 Å². The average molecular weight is 285 g/mol. The van der Waals surface area contributed by atoms with Crippen LogP contribution in [0.4, 0.5) is 9.93 Å². The molecule has 106 valence electrons. The van der Waals surface area contributed by atoms with Crippen LogP contribution >= 0.6 is 11.3 Å². The smallest absolute Gasteiger partial charge is 0.407 e. The van der Waals surface area contributed by atoms with Gasteiger partial charge in [0.2, 0.25) is 0 Å². The molecular formula is C12H19N3O3S. The third-order valence-corrected chi connectivity index (χ3v) is 2.82. The molecule has 0 spiro atoms. The summed E-state index contributed by atoms with van der Waals surface area (Å²) in [6.07, 6.45) is 2.63. The number of nitrogens with one attached hydrogen (secondary N) is 2. The van der Waals surface area contributed by atoms with Crippen molar-refractivity contribution in [3.63, 3.8) is 0 Å². The predicted octanol–water partition coefficient (Wildman–Crippen LogP) is 2.28. The van der Waals surface area contributed by atoms with Crippen LogP contribution in [-0.2, 0) is 4.74 Å². The SMILES string of the molecule is CC(C)(C)OC(=O)NCCCNc1ncc(C=O)s1.